The van der Waals surface area contributed by atoms with Gasteiger partial charge >= 0.3 is 0 Å². The van der Waals surface area contributed by atoms with Crippen molar-refractivity contribution < 1.29 is 9.13 Å². The molecule has 0 bridgehead atoms. The summed E-state index contributed by atoms with van der Waals surface area (Å²) >= 11 is 5.66. The van der Waals surface area contributed by atoms with Crippen molar-refractivity contribution in [3.63, 3.8) is 0 Å². The number of hydrogen-bond donors (Lipinski definition) is 0. The molecule has 3 heteroatoms. The number of benzene rings is 1. The van der Waals surface area contributed by atoms with Crippen molar-refractivity contribution in [1.82, 2.24) is 0 Å². The van der Waals surface area contributed by atoms with E-state index in [2.05, 4.69) is 0 Å². The summed E-state index contributed by atoms with van der Waals surface area (Å²) in [5, 5.41) is 0.497. The first-order valence-corrected chi connectivity index (χ1v) is 3.53. The molecule has 1 aromatic carbocycles. The van der Waals surface area contributed by atoms with Gasteiger partial charge in [-0.3, -0.25) is 0 Å². The van der Waals surface area contributed by atoms with Crippen LogP contribution in [0.4, 0.5) is 4.39 Å². The molecule has 1 rings (SSSR count). The zero-order valence-electron chi connectivity index (χ0n) is 6.10. The second-order valence-corrected chi connectivity index (χ2v) is 2.57. The van der Waals surface area contributed by atoms with E-state index in [1.165, 1.54) is 7.11 Å². The maximum Gasteiger partial charge on any atom is 0.120 e. The Kier molecular flexibility index (Phi) is 2.71. The van der Waals surface area contributed by atoms with E-state index in [4.69, 9.17) is 16.3 Å². The SMILES string of the molecule is COc1cc(Cl)cc(CF)c1. The van der Waals surface area contributed by atoms with Crippen LogP contribution in [0.25, 0.3) is 0 Å². The highest BCUT2D eigenvalue weighted by Gasteiger charge is 1.98. The Labute approximate surface area is 69.7 Å². The Morgan fingerprint density at radius 1 is 1.45 bits per heavy atom. The van der Waals surface area contributed by atoms with Gasteiger partial charge in [0.25, 0.3) is 0 Å². The molecule has 0 fully saturated rings. The number of halogens is 2. The third-order valence-corrected chi connectivity index (χ3v) is 1.54. The molecule has 11 heavy (non-hydrogen) atoms. The molecule has 0 atom stereocenters. The first-order chi connectivity index (χ1) is 5.26. The van der Waals surface area contributed by atoms with Gasteiger partial charge in [-0.05, 0) is 23.8 Å². The zero-order valence-corrected chi connectivity index (χ0v) is 6.86. The van der Waals surface area contributed by atoms with Crippen LogP contribution < -0.4 is 4.74 Å². The van der Waals surface area contributed by atoms with E-state index in [-0.39, 0.29) is 0 Å². The van der Waals surface area contributed by atoms with E-state index in [0.29, 0.717) is 16.3 Å². The molecule has 0 aromatic heterocycles. The molecule has 0 aliphatic heterocycles. The van der Waals surface area contributed by atoms with E-state index in [1.54, 1.807) is 18.2 Å². The van der Waals surface area contributed by atoms with Gasteiger partial charge in [0.15, 0.2) is 0 Å². The molecule has 0 aliphatic carbocycles. The predicted molar refractivity (Wildman–Crippen MR) is 42.8 cm³/mol. The Balaban J connectivity index is 3.02. The standard InChI is InChI=1S/C8H8ClFO/c1-11-8-3-6(5-10)2-7(9)4-8/h2-4H,5H2,1H3. The summed E-state index contributed by atoms with van der Waals surface area (Å²) in [7, 11) is 1.52. The molecule has 0 heterocycles. The Morgan fingerprint density at radius 3 is 2.73 bits per heavy atom. The van der Waals surface area contributed by atoms with Crippen molar-refractivity contribution in [2.24, 2.45) is 0 Å². The van der Waals surface area contributed by atoms with Crippen LogP contribution >= 0.6 is 11.6 Å². The molecule has 0 radical (unpaired) electrons. The minimum atomic E-state index is -0.517. The number of methoxy groups -OCH3 is 1. The molecule has 0 saturated carbocycles. The summed E-state index contributed by atoms with van der Waals surface area (Å²) < 4.78 is 17.0. The third kappa shape index (κ3) is 2.09. The van der Waals surface area contributed by atoms with Crippen molar-refractivity contribution >= 4 is 11.6 Å². The van der Waals surface area contributed by atoms with Crippen molar-refractivity contribution in [3.05, 3.63) is 28.8 Å². The summed E-state index contributed by atoms with van der Waals surface area (Å²) in [5.41, 5.74) is 0.536. The molecule has 0 spiro atoms. The minimum absolute atomic E-state index is 0.497. The van der Waals surface area contributed by atoms with Gasteiger partial charge in [-0.25, -0.2) is 4.39 Å². The number of ether oxygens (including phenoxy) is 1. The quantitative estimate of drug-likeness (QED) is 0.670. The fraction of sp³-hybridized carbons (Fsp3) is 0.250. The Morgan fingerprint density at radius 2 is 2.18 bits per heavy atom. The molecule has 0 N–H and O–H groups in total. The summed E-state index contributed by atoms with van der Waals surface area (Å²) in [4.78, 5) is 0. The second-order valence-electron chi connectivity index (χ2n) is 2.13. The van der Waals surface area contributed by atoms with Gasteiger partial charge in [0.1, 0.15) is 12.4 Å². The van der Waals surface area contributed by atoms with Crippen molar-refractivity contribution in [2.45, 2.75) is 6.67 Å². The minimum Gasteiger partial charge on any atom is -0.497 e. The van der Waals surface area contributed by atoms with Gasteiger partial charge in [-0.15, -0.1) is 0 Å². The summed E-state index contributed by atoms with van der Waals surface area (Å²) in [5.74, 6) is 0.588. The number of rotatable bonds is 2. The van der Waals surface area contributed by atoms with Gasteiger partial charge in [0, 0.05) is 5.02 Å². The van der Waals surface area contributed by atoms with Crippen molar-refractivity contribution in [1.29, 1.82) is 0 Å². The van der Waals surface area contributed by atoms with Gasteiger partial charge in [-0.2, -0.15) is 0 Å². The molecular weight excluding hydrogens is 167 g/mol. The van der Waals surface area contributed by atoms with E-state index in [9.17, 15) is 4.39 Å². The van der Waals surface area contributed by atoms with Crippen LogP contribution in [-0.2, 0) is 6.67 Å². The van der Waals surface area contributed by atoms with Crippen LogP contribution in [0.5, 0.6) is 5.75 Å². The van der Waals surface area contributed by atoms with E-state index in [0.717, 1.165) is 0 Å². The van der Waals surface area contributed by atoms with Gasteiger partial charge in [0.05, 0.1) is 7.11 Å². The van der Waals surface area contributed by atoms with Crippen LogP contribution in [-0.4, -0.2) is 7.11 Å². The smallest absolute Gasteiger partial charge is 0.120 e. The summed E-state index contributed by atoms with van der Waals surface area (Å²) in [6.07, 6.45) is 0. The highest BCUT2D eigenvalue weighted by Crippen LogP contribution is 2.20. The van der Waals surface area contributed by atoms with Crippen LogP contribution in [0.1, 0.15) is 5.56 Å². The predicted octanol–water partition coefficient (Wildman–Crippen LogP) is 2.82. The first-order valence-electron chi connectivity index (χ1n) is 3.15. The van der Waals surface area contributed by atoms with Gasteiger partial charge < -0.3 is 4.74 Å². The lowest BCUT2D eigenvalue weighted by Crippen LogP contribution is -1.85. The third-order valence-electron chi connectivity index (χ3n) is 1.32. The maximum absolute atomic E-state index is 12.1. The molecule has 0 aliphatic rings. The van der Waals surface area contributed by atoms with Crippen LogP contribution in [0.3, 0.4) is 0 Å². The largest absolute Gasteiger partial charge is 0.497 e. The highest BCUT2D eigenvalue weighted by atomic mass is 35.5. The number of hydrogen-bond acceptors (Lipinski definition) is 1. The highest BCUT2D eigenvalue weighted by molar-refractivity contribution is 6.30. The van der Waals surface area contributed by atoms with Crippen molar-refractivity contribution in [2.75, 3.05) is 7.11 Å². The molecule has 60 valence electrons. The normalized spacial score (nSPS) is 9.73. The lowest BCUT2D eigenvalue weighted by atomic mass is 10.2. The number of alkyl halides is 1. The van der Waals surface area contributed by atoms with E-state index in [1.807, 2.05) is 0 Å². The van der Waals surface area contributed by atoms with Gasteiger partial charge in [0.2, 0.25) is 0 Å². The van der Waals surface area contributed by atoms with Crippen LogP contribution in [0, 0.1) is 0 Å². The lowest BCUT2D eigenvalue weighted by molar-refractivity contribution is 0.412. The van der Waals surface area contributed by atoms with E-state index >= 15 is 0 Å². The lowest BCUT2D eigenvalue weighted by Gasteiger charge is -2.01. The summed E-state index contributed by atoms with van der Waals surface area (Å²) in [6.45, 7) is -0.517. The van der Waals surface area contributed by atoms with Crippen LogP contribution in [0.15, 0.2) is 18.2 Å². The van der Waals surface area contributed by atoms with Gasteiger partial charge in [-0.1, -0.05) is 11.6 Å². The molecule has 0 amide bonds. The Hall–Kier alpha value is -0.760. The molecule has 1 nitrogen and oxygen atoms in total. The first kappa shape index (κ1) is 8.34. The summed E-state index contributed by atoms with van der Waals surface area (Å²) in [6, 6.07) is 4.83. The Bertz CT molecular complexity index is 228. The maximum atomic E-state index is 12.1. The molecule has 0 saturated heterocycles. The van der Waals surface area contributed by atoms with Crippen LogP contribution in [0.2, 0.25) is 5.02 Å². The topological polar surface area (TPSA) is 9.23 Å². The molecular formula is C8H8ClFO. The average molecular weight is 175 g/mol. The van der Waals surface area contributed by atoms with E-state index < -0.39 is 6.67 Å². The molecule has 0 unspecified atom stereocenters. The fourth-order valence-electron chi connectivity index (χ4n) is 0.816. The zero-order chi connectivity index (χ0) is 8.27. The average Bonchev–Trinajstić information content (AvgIpc) is 2.03. The molecule has 1 aromatic rings. The second kappa shape index (κ2) is 3.58. The van der Waals surface area contributed by atoms with Crippen molar-refractivity contribution in [3.8, 4) is 5.75 Å². The fourth-order valence-corrected chi connectivity index (χ4v) is 1.06. The monoisotopic (exact) mass is 174 g/mol.